The van der Waals surface area contributed by atoms with Gasteiger partial charge in [0.15, 0.2) is 0 Å². The predicted octanol–water partition coefficient (Wildman–Crippen LogP) is 3.83. The van der Waals surface area contributed by atoms with E-state index in [-0.39, 0.29) is 18.5 Å². The lowest BCUT2D eigenvalue weighted by Gasteiger charge is -2.39. The molecule has 0 bridgehead atoms. The number of para-hydroxylation sites is 2. The van der Waals surface area contributed by atoms with Crippen LogP contribution in [0.3, 0.4) is 0 Å². The third-order valence-electron chi connectivity index (χ3n) is 4.39. The van der Waals surface area contributed by atoms with Crippen LogP contribution < -0.4 is 9.80 Å². The summed E-state index contributed by atoms with van der Waals surface area (Å²) in [6.45, 7) is 2.33. The number of anilines is 2. The smallest absolute Gasteiger partial charge is 0.241 e. The fourth-order valence-corrected chi connectivity index (χ4v) is 3.05. The molecule has 3 rings (SSSR count). The van der Waals surface area contributed by atoms with Crippen LogP contribution in [0.2, 0.25) is 0 Å². The van der Waals surface area contributed by atoms with E-state index in [0.717, 1.165) is 24.2 Å². The maximum atomic E-state index is 12.9. The molecule has 1 fully saturated rings. The molecule has 0 aromatic heterocycles. The molecule has 2 aromatic rings. The second kappa shape index (κ2) is 7.30. The summed E-state index contributed by atoms with van der Waals surface area (Å²) in [6, 6.07) is 19.1. The van der Waals surface area contributed by atoms with Gasteiger partial charge in [-0.25, -0.2) is 0 Å². The molecule has 4 heteroatoms. The van der Waals surface area contributed by atoms with Gasteiger partial charge in [0, 0.05) is 11.4 Å². The van der Waals surface area contributed by atoms with E-state index in [9.17, 15) is 9.59 Å². The molecule has 2 amide bonds. The summed E-state index contributed by atoms with van der Waals surface area (Å²) >= 11 is 0. The Morgan fingerprint density at radius 3 is 1.71 bits per heavy atom. The van der Waals surface area contributed by atoms with Crippen molar-refractivity contribution in [3.8, 4) is 0 Å². The summed E-state index contributed by atoms with van der Waals surface area (Å²) in [5.74, 6) is -0.780. The van der Waals surface area contributed by atoms with E-state index in [4.69, 9.17) is 0 Å². The first-order valence-corrected chi connectivity index (χ1v) is 8.45. The number of carbonyl (C=O) groups is 2. The van der Waals surface area contributed by atoms with Crippen molar-refractivity contribution in [2.24, 2.45) is 5.92 Å². The second-order valence-corrected chi connectivity index (χ2v) is 6.04. The minimum atomic E-state index is -0.598. The van der Waals surface area contributed by atoms with Gasteiger partial charge < -0.3 is 0 Å². The van der Waals surface area contributed by atoms with Crippen molar-refractivity contribution in [1.82, 2.24) is 0 Å². The zero-order chi connectivity index (χ0) is 16.9. The van der Waals surface area contributed by atoms with Crippen molar-refractivity contribution in [1.29, 1.82) is 0 Å². The van der Waals surface area contributed by atoms with Crippen molar-refractivity contribution in [3.63, 3.8) is 0 Å². The number of amides is 2. The summed E-state index contributed by atoms with van der Waals surface area (Å²) in [6.07, 6.45) is 2.43. The Labute approximate surface area is 142 Å². The average Bonchev–Trinajstić information content (AvgIpc) is 2.63. The molecule has 0 atom stereocenters. The summed E-state index contributed by atoms with van der Waals surface area (Å²) in [5.41, 5.74) is 1.66. The number of rotatable bonds is 5. The van der Waals surface area contributed by atoms with Crippen LogP contribution in [-0.4, -0.2) is 18.5 Å². The number of unbranched alkanes of at least 4 members (excludes halogenated alkanes) is 1. The molecule has 0 unspecified atom stereocenters. The number of nitrogens with zero attached hydrogens (tertiary/aromatic N) is 2. The predicted molar refractivity (Wildman–Crippen MR) is 95.7 cm³/mol. The van der Waals surface area contributed by atoms with Crippen LogP contribution >= 0.6 is 0 Å². The molecule has 0 aliphatic carbocycles. The monoisotopic (exact) mass is 322 g/mol. The van der Waals surface area contributed by atoms with Gasteiger partial charge in [-0.15, -0.1) is 0 Å². The summed E-state index contributed by atoms with van der Waals surface area (Å²) < 4.78 is 0. The van der Waals surface area contributed by atoms with Crippen molar-refractivity contribution in [2.75, 3.05) is 16.5 Å². The third-order valence-corrected chi connectivity index (χ3v) is 4.39. The number of hydrogen-bond acceptors (Lipinski definition) is 2. The Kier molecular flexibility index (Phi) is 4.94. The van der Waals surface area contributed by atoms with Gasteiger partial charge in [0.25, 0.3) is 0 Å². The van der Waals surface area contributed by atoms with Crippen LogP contribution in [0.4, 0.5) is 11.4 Å². The van der Waals surface area contributed by atoms with E-state index in [1.54, 1.807) is 9.80 Å². The van der Waals surface area contributed by atoms with E-state index in [2.05, 4.69) is 6.92 Å². The highest BCUT2D eigenvalue weighted by molar-refractivity contribution is 6.16. The summed E-state index contributed by atoms with van der Waals surface area (Å²) in [5, 5.41) is 0. The largest absolute Gasteiger partial charge is 0.293 e. The average molecular weight is 322 g/mol. The molecule has 0 radical (unpaired) electrons. The van der Waals surface area contributed by atoms with Crippen LogP contribution in [-0.2, 0) is 9.59 Å². The zero-order valence-electron chi connectivity index (χ0n) is 13.9. The lowest BCUT2D eigenvalue weighted by Crippen LogP contribution is -2.57. The maximum absolute atomic E-state index is 12.9. The van der Waals surface area contributed by atoms with Gasteiger partial charge in [0.2, 0.25) is 11.8 Å². The maximum Gasteiger partial charge on any atom is 0.241 e. The Hall–Kier alpha value is -2.62. The van der Waals surface area contributed by atoms with Gasteiger partial charge in [-0.2, -0.15) is 0 Å². The normalized spacial score (nSPS) is 15.9. The lowest BCUT2D eigenvalue weighted by molar-refractivity contribution is -0.134. The summed E-state index contributed by atoms with van der Waals surface area (Å²) in [4.78, 5) is 29.2. The van der Waals surface area contributed by atoms with Gasteiger partial charge in [-0.3, -0.25) is 19.4 Å². The van der Waals surface area contributed by atoms with Gasteiger partial charge >= 0.3 is 0 Å². The Balaban J connectivity index is 1.95. The fraction of sp³-hybridized carbons (Fsp3) is 0.300. The van der Waals surface area contributed by atoms with Gasteiger partial charge in [0.05, 0.1) is 0 Å². The topological polar surface area (TPSA) is 40.6 Å². The molecule has 1 heterocycles. The molecule has 24 heavy (non-hydrogen) atoms. The minimum Gasteiger partial charge on any atom is -0.293 e. The van der Waals surface area contributed by atoms with Crippen LogP contribution in [0, 0.1) is 5.92 Å². The van der Waals surface area contributed by atoms with Gasteiger partial charge in [-0.1, -0.05) is 56.2 Å². The Morgan fingerprint density at radius 1 is 0.833 bits per heavy atom. The number of benzene rings is 2. The number of carbonyl (C=O) groups excluding carboxylic acids is 2. The lowest BCUT2D eigenvalue weighted by atomic mass is 9.96. The highest BCUT2D eigenvalue weighted by Crippen LogP contribution is 2.29. The van der Waals surface area contributed by atoms with Crippen LogP contribution in [0.25, 0.3) is 0 Å². The Bertz CT molecular complexity index is 643. The molecule has 0 N–H and O–H groups in total. The molecule has 1 aliphatic rings. The van der Waals surface area contributed by atoms with E-state index in [0.29, 0.717) is 6.42 Å². The summed E-state index contributed by atoms with van der Waals surface area (Å²) in [7, 11) is 0. The fourth-order valence-electron chi connectivity index (χ4n) is 3.05. The van der Waals surface area contributed by atoms with Crippen molar-refractivity contribution < 1.29 is 9.59 Å². The highest BCUT2D eigenvalue weighted by Gasteiger charge is 2.40. The van der Waals surface area contributed by atoms with E-state index in [1.165, 1.54) is 0 Å². The zero-order valence-corrected chi connectivity index (χ0v) is 13.9. The first kappa shape index (κ1) is 16.2. The molecule has 0 saturated carbocycles. The molecular weight excluding hydrogens is 300 g/mol. The van der Waals surface area contributed by atoms with Crippen LogP contribution in [0.15, 0.2) is 60.7 Å². The standard InChI is InChI=1S/C20H22N2O2/c1-2-3-14-18-19(23)21(16-10-6-4-7-11-16)15-22(20(18)24)17-12-8-5-9-13-17/h4-13,18H,2-3,14-15H2,1H3. The van der Waals surface area contributed by atoms with Crippen LogP contribution in [0.5, 0.6) is 0 Å². The van der Waals surface area contributed by atoms with E-state index in [1.807, 2.05) is 60.7 Å². The Morgan fingerprint density at radius 2 is 1.29 bits per heavy atom. The molecule has 1 saturated heterocycles. The quantitative estimate of drug-likeness (QED) is 0.785. The first-order valence-electron chi connectivity index (χ1n) is 8.45. The van der Waals surface area contributed by atoms with Gasteiger partial charge in [0.1, 0.15) is 12.6 Å². The van der Waals surface area contributed by atoms with Crippen molar-refractivity contribution >= 4 is 23.2 Å². The number of hydrogen-bond donors (Lipinski definition) is 0. The second-order valence-electron chi connectivity index (χ2n) is 6.04. The van der Waals surface area contributed by atoms with Crippen molar-refractivity contribution in [3.05, 3.63) is 60.7 Å². The van der Waals surface area contributed by atoms with Crippen molar-refractivity contribution in [2.45, 2.75) is 26.2 Å². The third kappa shape index (κ3) is 3.18. The van der Waals surface area contributed by atoms with E-state index < -0.39 is 5.92 Å². The molecule has 124 valence electrons. The highest BCUT2D eigenvalue weighted by atomic mass is 16.2. The van der Waals surface area contributed by atoms with E-state index >= 15 is 0 Å². The molecule has 2 aromatic carbocycles. The van der Waals surface area contributed by atoms with Gasteiger partial charge in [-0.05, 0) is 30.7 Å². The molecule has 0 spiro atoms. The molecular formula is C20H22N2O2. The SMILES string of the molecule is CCCCC1C(=O)N(c2ccccc2)CN(c2ccccc2)C1=O. The first-order chi connectivity index (χ1) is 11.7. The molecule has 1 aliphatic heterocycles. The molecule has 4 nitrogen and oxygen atoms in total. The minimum absolute atomic E-state index is 0.0909. The van der Waals surface area contributed by atoms with Crippen LogP contribution in [0.1, 0.15) is 26.2 Å².